The molecule has 0 fully saturated rings. The van der Waals surface area contributed by atoms with E-state index < -0.39 is 6.17 Å². The highest BCUT2D eigenvalue weighted by atomic mass is 35.5. The van der Waals surface area contributed by atoms with E-state index in [4.69, 9.17) is 20.8 Å². The van der Waals surface area contributed by atoms with Gasteiger partial charge in [0.2, 0.25) is 0 Å². The molecular weight excluding hydrogens is 450 g/mol. The van der Waals surface area contributed by atoms with Gasteiger partial charge >= 0.3 is 6.09 Å². The molecule has 9 heteroatoms. The van der Waals surface area contributed by atoms with Crippen LogP contribution in [0.2, 0.25) is 5.02 Å². The Labute approximate surface area is 194 Å². The summed E-state index contributed by atoms with van der Waals surface area (Å²) >= 11 is 7.75. The van der Waals surface area contributed by atoms with Crippen molar-refractivity contribution >= 4 is 39.9 Å². The quantitative estimate of drug-likeness (QED) is 0.538. The lowest BCUT2D eigenvalue weighted by Gasteiger charge is -2.27. The first-order valence-corrected chi connectivity index (χ1v) is 11.6. The summed E-state index contributed by atoms with van der Waals surface area (Å²) in [6.07, 6.45) is -0.177. The summed E-state index contributed by atoms with van der Waals surface area (Å²) in [4.78, 5) is 27.8. The number of furan rings is 1. The number of hydrogen-bond acceptors (Lipinski definition) is 6. The van der Waals surface area contributed by atoms with Crippen LogP contribution in [0.5, 0.6) is 0 Å². The van der Waals surface area contributed by atoms with Gasteiger partial charge in [-0.25, -0.2) is 4.79 Å². The van der Waals surface area contributed by atoms with Crippen molar-refractivity contribution in [2.24, 2.45) is 0 Å². The largest absolute Gasteiger partial charge is 0.457 e. The van der Waals surface area contributed by atoms with Gasteiger partial charge < -0.3 is 24.7 Å². The van der Waals surface area contributed by atoms with Crippen LogP contribution in [0.15, 0.2) is 34.7 Å². The molecule has 2 aliphatic heterocycles. The number of ether oxygens (including phenoxy) is 1. The number of anilines is 1. The van der Waals surface area contributed by atoms with Crippen molar-refractivity contribution < 1.29 is 18.7 Å². The molecule has 0 aliphatic carbocycles. The average Bonchev–Trinajstić information content (AvgIpc) is 3.40. The number of hydrogen-bond donors (Lipinski definition) is 2. The molecule has 7 nitrogen and oxygen atoms in total. The first-order chi connectivity index (χ1) is 15.4. The maximum Gasteiger partial charge on any atom is 0.410 e. The smallest absolute Gasteiger partial charge is 0.410 e. The second kappa shape index (κ2) is 8.18. The minimum absolute atomic E-state index is 0.137. The molecular formula is C23H22ClN3O4S. The number of amides is 2. The molecule has 0 bridgehead atoms. The summed E-state index contributed by atoms with van der Waals surface area (Å²) in [6, 6.07) is 9.49. The molecule has 1 unspecified atom stereocenters. The molecule has 3 aromatic rings. The molecule has 166 valence electrons. The Balaban J connectivity index is 1.38. The number of benzene rings is 1. The Hall–Kier alpha value is -2.97. The first kappa shape index (κ1) is 20.9. The van der Waals surface area contributed by atoms with Crippen molar-refractivity contribution in [3.05, 3.63) is 62.7 Å². The van der Waals surface area contributed by atoms with Gasteiger partial charge in [-0.05, 0) is 49.6 Å². The predicted octanol–water partition coefficient (Wildman–Crippen LogP) is 5.34. The fourth-order valence-electron chi connectivity index (χ4n) is 4.04. The lowest BCUT2D eigenvalue weighted by Crippen LogP contribution is -2.39. The van der Waals surface area contributed by atoms with E-state index in [1.165, 1.54) is 11.3 Å². The van der Waals surface area contributed by atoms with Crippen molar-refractivity contribution in [3.8, 4) is 11.3 Å². The molecule has 2 N–H and O–H groups in total. The highest BCUT2D eigenvalue weighted by Gasteiger charge is 2.35. The zero-order valence-electron chi connectivity index (χ0n) is 17.7. The van der Waals surface area contributed by atoms with Crippen molar-refractivity contribution in [1.82, 2.24) is 10.2 Å². The molecule has 1 atom stereocenters. The third kappa shape index (κ3) is 3.63. The monoisotopic (exact) mass is 471 g/mol. The zero-order chi connectivity index (χ0) is 22.4. The molecule has 32 heavy (non-hydrogen) atoms. The molecule has 1 aromatic carbocycles. The van der Waals surface area contributed by atoms with E-state index >= 15 is 0 Å². The van der Waals surface area contributed by atoms with Crippen molar-refractivity contribution in [3.63, 3.8) is 0 Å². The van der Waals surface area contributed by atoms with E-state index in [2.05, 4.69) is 10.6 Å². The van der Waals surface area contributed by atoms with E-state index in [1.807, 2.05) is 37.3 Å². The predicted molar refractivity (Wildman–Crippen MR) is 123 cm³/mol. The topological polar surface area (TPSA) is 83.8 Å². The van der Waals surface area contributed by atoms with Crippen LogP contribution in [0.3, 0.4) is 0 Å². The van der Waals surface area contributed by atoms with Crippen LogP contribution in [0.4, 0.5) is 9.80 Å². The van der Waals surface area contributed by atoms with Crippen LogP contribution >= 0.6 is 22.9 Å². The molecule has 2 aliphatic rings. The number of nitrogens with zero attached hydrogens (tertiary/aromatic N) is 1. The van der Waals surface area contributed by atoms with Gasteiger partial charge in [0, 0.05) is 22.0 Å². The highest BCUT2D eigenvalue weighted by Crippen LogP contribution is 2.41. The fourth-order valence-corrected chi connectivity index (χ4v) is 5.51. The molecule has 4 heterocycles. The number of nitrogens with one attached hydrogen (secondary N) is 2. The van der Waals surface area contributed by atoms with Gasteiger partial charge in [-0.3, -0.25) is 4.79 Å². The SMILES string of the molecule is CCOC(=O)N1CCc2c(sc3c2C(=O)NC(c2ccc(-c4ccc(C)c(Cl)c4)o2)N3)C1. The minimum Gasteiger partial charge on any atom is -0.457 e. The number of fused-ring (bicyclic) bond motifs is 3. The van der Waals surface area contributed by atoms with Crippen molar-refractivity contribution in [2.45, 2.75) is 33.0 Å². The Morgan fingerprint density at radius 3 is 2.94 bits per heavy atom. The standard InChI is InChI=1S/C23H22ClN3O4S/c1-3-30-23(29)27-9-8-14-18(11-27)32-22-19(14)21(28)25-20(26-22)17-7-6-16(31-17)13-5-4-12(2)15(24)10-13/h4-7,10,20,26H,3,8-9,11H2,1-2H3,(H,25,28). The molecule has 2 amide bonds. The van der Waals surface area contributed by atoms with Crippen LogP contribution in [-0.4, -0.2) is 30.1 Å². The van der Waals surface area contributed by atoms with Crippen LogP contribution in [0, 0.1) is 6.92 Å². The second-order valence-electron chi connectivity index (χ2n) is 7.80. The van der Waals surface area contributed by atoms with Crippen molar-refractivity contribution in [2.75, 3.05) is 18.5 Å². The molecule has 0 saturated heterocycles. The average molecular weight is 472 g/mol. The highest BCUT2D eigenvalue weighted by molar-refractivity contribution is 7.16. The first-order valence-electron chi connectivity index (χ1n) is 10.4. The molecule has 0 saturated carbocycles. The van der Waals surface area contributed by atoms with Crippen LogP contribution in [0.1, 0.15) is 45.2 Å². The number of aryl methyl sites for hydroxylation is 1. The number of rotatable bonds is 3. The fraction of sp³-hybridized carbons (Fsp3) is 0.304. The third-order valence-electron chi connectivity index (χ3n) is 5.73. The van der Waals surface area contributed by atoms with Gasteiger partial charge in [-0.15, -0.1) is 11.3 Å². The third-order valence-corrected chi connectivity index (χ3v) is 7.28. The lowest BCUT2D eigenvalue weighted by atomic mass is 10.0. The number of halogens is 1. The van der Waals surface area contributed by atoms with E-state index in [1.54, 1.807) is 11.8 Å². The molecule has 0 radical (unpaired) electrons. The lowest BCUT2D eigenvalue weighted by molar-refractivity contribution is 0.0929. The molecule has 5 rings (SSSR count). The van der Waals surface area contributed by atoms with Crippen LogP contribution < -0.4 is 10.6 Å². The minimum atomic E-state index is -0.481. The Morgan fingerprint density at radius 2 is 2.16 bits per heavy atom. The Morgan fingerprint density at radius 1 is 1.31 bits per heavy atom. The van der Waals surface area contributed by atoms with Gasteiger partial charge in [-0.1, -0.05) is 23.7 Å². The number of carbonyl (C=O) groups is 2. The van der Waals surface area contributed by atoms with Gasteiger partial charge in [0.15, 0.2) is 6.17 Å². The van der Waals surface area contributed by atoms with Gasteiger partial charge in [0.05, 0.1) is 18.7 Å². The summed E-state index contributed by atoms with van der Waals surface area (Å²) in [5, 5.41) is 7.86. The molecule has 2 aromatic heterocycles. The normalized spacial score (nSPS) is 17.3. The number of carbonyl (C=O) groups excluding carboxylic acids is 2. The summed E-state index contributed by atoms with van der Waals surface area (Å²) in [6.45, 7) is 5.07. The van der Waals surface area contributed by atoms with E-state index in [0.29, 0.717) is 48.2 Å². The Bertz CT molecular complexity index is 1220. The Kier molecular flexibility index (Phi) is 5.35. The van der Waals surface area contributed by atoms with Gasteiger partial charge in [0.1, 0.15) is 16.5 Å². The van der Waals surface area contributed by atoms with E-state index in [9.17, 15) is 9.59 Å². The second-order valence-corrected chi connectivity index (χ2v) is 9.31. The van der Waals surface area contributed by atoms with E-state index in [-0.39, 0.29) is 12.0 Å². The molecule has 0 spiro atoms. The van der Waals surface area contributed by atoms with Gasteiger partial charge in [0.25, 0.3) is 5.91 Å². The van der Waals surface area contributed by atoms with Gasteiger partial charge in [-0.2, -0.15) is 0 Å². The zero-order valence-corrected chi connectivity index (χ0v) is 19.2. The van der Waals surface area contributed by atoms with Crippen LogP contribution in [0.25, 0.3) is 11.3 Å². The number of thiophene rings is 1. The maximum atomic E-state index is 13.0. The summed E-state index contributed by atoms with van der Waals surface area (Å²) in [5.41, 5.74) is 3.55. The maximum absolute atomic E-state index is 13.0. The van der Waals surface area contributed by atoms with E-state index in [0.717, 1.165) is 26.6 Å². The summed E-state index contributed by atoms with van der Waals surface area (Å²) < 4.78 is 11.2. The van der Waals surface area contributed by atoms with Crippen molar-refractivity contribution in [1.29, 1.82) is 0 Å². The van der Waals surface area contributed by atoms with Crippen LogP contribution in [-0.2, 0) is 17.7 Å². The summed E-state index contributed by atoms with van der Waals surface area (Å²) in [5.74, 6) is 1.15. The summed E-state index contributed by atoms with van der Waals surface area (Å²) in [7, 11) is 0.